The summed E-state index contributed by atoms with van der Waals surface area (Å²) in [5.74, 6) is -8.94. The zero-order valence-electron chi connectivity index (χ0n) is 19.7. The summed E-state index contributed by atoms with van der Waals surface area (Å²) in [5, 5.41) is 5.74. The van der Waals surface area contributed by atoms with Crippen LogP contribution in [0.2, 0.25) is 0 Å². The van der Waals surface area contributed by atoms with Crippen LogP contribution in [0.3, 0.4) is 0 Å². The average Bonchev–Trinajstić information content (AvgIpc) is 3.12. The maximum Gasteiger partial charge on any atom is 0.451 e. The molecule has 152 valence electrons. The van der Waals surface area contributed by atoms with Gasteiger partial charge >= 0.3 is 6.18 Å². The smallest absolute Gasteiger partial charge is 0.333 e. The van der Waals surface area contributed by atoms with Gasteiger partial charge in [-0.25, -0.2) is 13.2 Å². The number of rotatable bonds is 4. The Hall–Kier alpha value is -2.63. The molecule has 3 rings (SSSR count). The molecule has 0 saturated heterocycles. The molecular formula is C16H15F6N5O. The fourth-order valence-corrected chi connectivity index (χ4v) is 2.39. The van der Waals surface area contributed by atoms with E-state index in [0.29, 0.717) is 6.07 Å². The molecule has 6 nitrogen and oxygen atoms in total. The normalized spacial score (nSPS) is 24.0. The van der Waals surface area contributed by atoms with E-state index in [-0.39, 0.29) is 11.0 Å². The first-order valence-electron chi connectivity index (χ1n) is 10.6. The second-order valence-corrected chi connectivity index (χ2v) is 5.77. The van der Waals surface area contributed by atoms with Crippen LogP contribution in [0.5, 0.6) is 0 Å². The van der Waals surface area contributed by atoms with Crippen LogP contribution in [0.4, 0.5) is 26.3 Å². The Balaban J connectivity index is 1.97. The summed E-state index contributed by atoms with van der Waals surface area (Å²) in [6.45, 7) is -10.8. The van der Waals surface area contributed by atoms with Gasteiger partial charge in [0.05, 0.1) is 14.7 Å². The van der Waals surface area contributed by atoms with Gasteiger partial charge in [0.2, 0.25) is 11.7 Å². The van der Waals surface area contributed by atoms with Crippen molar-refractivity contribution < 1.29 is 39.4 Å². The van der Waals surface area contributed by atoms with Crippen molar-refractivity contribution in [2.45, 2.75) is 38.1 Å². The van der Waals surface area contributed by atoms with E-state index >= 15 is 0 Å². The zero-order chi connectivity index (χ0) is 26.0. The van der Waals surface area contributed by atoms with Crippen molar-refractivity contribution in [3.8, 4) is 0 Å². The van der Waals surface area contributed by atoms with Crippen LogP contribution in [0.1, 0.15) is 31.9 Å². The molecule has 1 atom stereocenters. The van der Waals surface area contributed by atoms with Gasteiger partial charge in [-0.3, -0.25) is 4.79 Å². The van der Waals surface area contributed by atoms with Crippen molar-refractivity contribution in [1.29, 1.82) is 0 Å². The number of fused-ring (bicyclic) bond motifs is 1. The lowest BCUT2D eigenvalue weighted by atomic mass is 10.0. The van der Waals surface area contributed by atoms with Gasteiger partial charge in [-0.2, -0.15) is 13.2 Å². The Morgan fingerprint density at radius 3 is 2.54 bits per heavy atom. The van der Waals surface area contributed by atoms with E-state index in [9.17, 15) is 31.1 Å². The number of benzene rings is 1. The summed E-state index contributed by atoms with van der Waals surface area (Å²) in [6, 6.07) is -0.704. The predicted molar refractivity (Wildman–Crippen MR) is 83.1 cm³/mol. The number of alkyl halides is 3. The van der Waals surface area contributed by atoms with E-state index in [1.54, 1.807) is 0 Å². The molecule has 2 heterocycles. The number of hydrogen-bond acceptors (Lipinski definition) is 4. The molecule has 2 N–H and O–H groups in total. The molecule has 28 heavy (non-hydrogen) atoms. The summed E-state index contributed by atoms with van der Waals surface area (Å²) >= 11 is 0. The fourth-order valence-electron chi connectivity index (χ4n) is 2.39. The molecule has 0 unspecified atom stereocenters. The minimum absolute atomic E-state index is 0.237. The third-order valence-corrected chi connectivity index (χ3v) is 3.66. The van der Waals surface area contributed by atoms with E-state index in [2.05, 4.69) is 10.2 Å². The summed E-state index contributed by atoms with van der Waals surface area (Å²) in [7, 11) is 0. The van der Waals surface area contributed by atoms with Crippen LogP contribution >= 0.6 is 0 Å². The topological polar surface area (TPSA) is 77.0 Å². The third kappa shape index (κ3) is 4.11. The van der Waals surface area contributed by atoms with Gasteiger partial charge < -0.3 is 15.2 Å². The molecule has 2 aromatic rings. The highest BCUT2D eigenvalue weighted by molar-refractivity contribution is 5.76. The summed E-state index contributed by atoms with van der Waals surface area (Å²) in [5.41, 5.74) is 5.27. The van der Waals surface area contributed by atoms with Crippen molar-refractivity contribution >= 4 is 5.91 Å². The van der Waals surface area contributed by atoms with Gasteiger partial charge in [0.15, 0.2) is 17.5 Å². The maximum absolute atomic E-state index is 13.9. The highest BCUT2D eigenvalue weighted by Gasteiger charge is 2.39. The molecule has 12 heteroatoms. The first kappa shape index (κ1) is 13.5. The summed E-state index contributed by atoms with van der Waals surface area (Å²) < 4.78 is 128. The first-order chi connectivity index (χ1) is 15.3. The number of nitrogens with zero attached hydrogens (tertiary/aromatic N) is 4. The molecule has 0 spiro atoms. The average molecular weight is 413 g/mol. The Morgan fingerprint density at radius 1 is 1.18 bits per heavy atom. The number of hydrogen-bond donors (Lipinski definition) is 1. The highest BCUT2D eigenvalue weighted by atomic mass is 19.4. The van der Waals surface area contributed by atoms with Crippen LogP contribution in [0.25, 0.3) is 0 Å². The molecule has 1 aromatic carbocycles. The van der Waals surface area contributed by atoms with Gasteiger partial charge in [0.25, 0.3) is 0 Å². The molecule has 1 aromatic heterocycles. The van der Waals surface area contributed by atoms with Crippen molar-refractivity contribution in [3.63, 3.8) is 0 Å². The van der Waals surface area contributed by atoms with Crippen LogP contribution in [0, 0.1) is 17.5 Å². The summed E-state index contributed by atoms with van der Waals surface area (Å²) in [4.78, 5) is 12.5. The lowest BCUT2D eigenvalue weighted by Crippen LogP contribution is -2.42. The zero-order valence-corrected chi connectivity index (χ0v) is 13.7. The van der Waals surface area contributed by atoms with Crippen LogP contribution in [-0.2, 0) is 30.4 Å². The molecule has 0 fully saturated rings. The van der Waals surface area contributed by atoms with Gasteiger partial charge in [-0.1, -0.05) is 0 Å². The van der Waals surface area contributed by atoms with Gasteiger partial charge in [-0.15, -0.1) is 10.2 Å². The van der Waals surface area contributed by atoms with Crippen molar-refractivity contribution in [3.05, 3.63) is 46.8 Å². The van der Waals surface area contributed by atoms with Crippen molar-refractivity contribution in [2.24, 2.45) is 5.73 Å². The van der Waals surface area contributed by atoms with Crippen LogP contribution in [-0.4, -0.2) is 38.1 Å². The van der Waals surface area contributed by atoms with E-state index in [1.165, 1.54) is 0 Å². The second kappa shape index (κ2) is 7.41. The SMILES string of the molecule is [2H]C1([2H])c2nnc(C(F)(F)F)n2C([2H])([2H])C([2H])([2H])N1C(=O)C[C@H](N)Cc1cc(F)c(F)cc1F. The van der Waals surface area contributed by atoms with Crippen LogP contribution < -0.4 is 5.73 Å². The van der Waals surface area contributed by atoms with Gasteiger partial charge in [0, 0.05) is 31.5 Å². The number of halogens is 6. The van der Waals surface area contributed by atoms with Gasteiger partial charge in [-0.05, 0) is 18.1 Å². The molecule has 0 radical (unpaired) electrons. The fraction of sp³-hybridized carbons (Fsp3) is 0.438. The second-order valence-electron chi connectivity index (χ2n) is 5.77. The van der Waals surface area contributed by atoms with Crippen molar-refractivity contribution in [2.75, 3.05) is 6.50 Å². The van der Waals surface area contributed by atoms with Crippen LogP contribution in [0.15, 0.2) is 12.1 Å². The first-order valence-corrected chi connectivity index (χ1v) is 7.59. The van der Waals surface area contributed by atoms with E-state index in [4.69, 9.17) is 14.0 Å². The van der Waals surface area contributed by atoms with E-state index < -0.39 is 89.7 Å². The minimum atomic E-state index is -5.33. The molecule has 0 saturated carbocycles. The Labute approximate surface area is 163 Å². The Bertz CT molecular complexity index is 1140. The van der Waals surface area contributed by atoms with Crippen molar-refractivity contribution in [1.82, 2.24) is 19.7 Å². The number of carbonyl (C=O) groups is 1. The maximum atomic E-state index is 13.9. The molecule has 0 aliphatic carbocycles. The largest absolute Gasteiger partial charge is 0.451 e. The van der Waals surface area contributed by atoms with Gasteiger partial charge in [0.1, 0.15) is 5.82 Å². The standard InChI is InChI=1S/C16H15F6N5O/c17-10-6-12(19)11(18)4-8(10)3-9(23)5-14(28)26-1-2-27-13(7-26)24-25-15(27)16(20,21)22/h4,6,9H,1-3,5,7,23H2/t9-/m1/s1/i1D2,2D2,7D2. The highest BCUT2D eigenvalue weighted by Crippen LogP contribution is 2.29. The Morgan fingerprint density at radius 2 is 1.86 bits per heavy atom. The lowest BCUT2D eigenvalue weighted by molar-refractivity contribution is -0.148. The molecule has 1 aliphatic heterocycles. The third-order valence-electron chi connectivity index (χ3n) is 3.66. The molecule has 1 aliphatic rings. The predicted octanol–water partition coefficient (Wildman–Crippen LogP) is 2.02. The number of amides is 1. The quantitative estimate of drug-likeness (QED) is 0.615. The monoisotopic (exact) mass is 413 g/mol. The Kier molecular flexibility index (Phi) is 3.58. The number of nitrogens with two attached hydrogens (primary N) is 1. The van der Waals surface area contributed by atoms with E-state index in [0.717, 1.165) is 0 Å². The molecule has 1 amide bonds. The summed E-state index contributed by atoms with van der Waals surface area (Å²) in [6.07, 6.45) is -6.88. The molecule has 0 bridgehead atoms. The minimum Gasteiger partial charge on any atom is -0.333 e. The lowest BCUT2D eigenvalue weighted by Gasteiger charge is -2.29. The molecular weight excluding hydrogens is 392 g/mol. The van der Waals surface area contributed by atoms with E-state index in [1.807, 2.05) is 0 Å². The number of carbonyl (C=O) groups excluding carboxylic acids is 1. The number of aromatic nitrogens is 3.